The van der Waals surface area contributed by atoms with Gasteiger partial charge in [-0.15, -0.1) is 0 Å². The van der Waals surface area contributed by atoms with Crippen LogP contribution in [0.25, 0.3) is 0 Å². The molecule has 0 spiro atoms. The first-order valence-electron chi connectivity index (χ1n) is 5.55. The third-order valence-electron chi connectivity index (χ3n) is 2.57. The standard InChI is InChI=1S/C13H14BrN3O/c1-9-5-7-15-12(11(9)14)17-8-10-4-3-6-16-13(10)18-2/h3-7H,8H2,1-2H3,(H,15,17). The van der Waals surface area contributed by atoms with Gasteiger partial charge in [-0.2, -0.15) is 0 Å². The van der Waals surface area contributed by atoms with Gasteiger partial charge in [0, 0.05) is 24.5 Å². The van der Waals surface area contributed by atoms with Crippen molar-refractivity contribution >= 4 is 21.7 Å². The second kappa shape index (κ2) is 5.82. The van der Waals surface area contributed by atoms with E-state index in [1.54, 1.807) is 19.5 Å². The number of nitrogens with one attached hydrogen (secondary N) is 1. The first kappa shape index (κ1) is 12.8. The SMILES string of the molecule is COc1ncccc1CNc1nccc(C)c1Br. The Kier molecular flexibility index (Phi) is 4.15. The van der Waals surface area contributed by atoms with Crippen LogP contribution in [0.4, 0.5) is 5.82 Å². The molecule has 0 unspecified atom stereocenters. The molecule has 0 aliphatic carbocycles. The number of hydrogen-bond donors (Lipinski definition) is 1. The maximum atomic E-state index is 5.20. The molecule has 0 aliphatic rings. The van der Waals surface area contributed by atoms with Crippen LogP contribution in [0, 0.1) is 6.92 Å². The molecule has 0 radical (unpaired) electrons. The van der Waals surface area contributed by atoms with Crippen LogP contribution in [0.2, 0.25) is 0 Å². The first-order chi connectivity index (χ1) is 8.72. The van der Waals surface area contributed by atoms with E-state index in [1.165, 1.54) is 0 Å². The van der Waals surface area contributed by atoms with E-state index in [1.807, 2.05) is 25.1 Å². The van der Waals surface area contributed by atoms with Gasteiger partial charge < -0.3 is 10.1 Å². The molecule has 18 heavy (non-hydrogen) atoms. The summed E-state index contributed by atoms with van der Waals surface area (Å²) in [6.07, 6.45) is 3.49. The van der Waals surface area contributed by atoms with Crippen LogP contribution >= 0.6 is 15.9 Å². The summed E-state index contributed by atoms with van der Waals surface area (Å²) >= 11 is 3.52. The summed E-state index contributed by atoms with van der Waals surface area (Å²) in [5.74, 6) is 1.45. The Hall–Kier alpha value is -1.62. The highest BCUT2D eigenvalue weighted by Crippen LogP contribution is 2.24. The number of hydrogen-bond acceptors (Lipinski definition) is 4. The van der Waals surface area contributed by atoms with Crippen molar-refractivity contribution in [2.45, 2.75) is 13.5 Å². The predicted octanol–water partition coefficient (Wildman–Crippen LogP) is 3.17. The lowest BCUT2D eigenvalue weighted by Crippen LogP contribution is -2.05. The fourth-order valence-corrected chi connectivity index (χ4v) is 1.96. The maximum Gasteiger partial charge on any atom is 0.218 e. The highest BCUT2D eigenvalue weighted by Gasteiger charge is 2.06. The van der Waals surface area contributed by atoms with Gasteiger partial charge >= 0.3 is 0 Å². The van der Waals surface area contributed by atoms with Crippen LogP contribution in [-0.2, 0) is 6.54 Å². The van der Waals surface area contributed by atoms with Gasteiger partial charge in [-0.3, -0.25) is 0 Å². The molecule has 2 heterocycles. The summed E-state index contributed by atoms with van der Waals surface area (Å²) in [4.78, 5) is 8.45. The Bertz CT molecular complexity index is 546. The minimum absolute atomic E-state index is 0.617. The van der Waals surface area contributed by atoms with E-state index in [0.717, 1.165) is 21.4 Å². The highest BCUT2D eigenvalue weighted by molar-refractivity contribution is 9.10. The molecular weight excluding hydrogens is 294 g/mol. The van der Waals surface area contributed by atoms with E-state index in [0.29, 0.717) is 12.4 Å². The molecule has 1 N–H and O–H groups in total. The zero-order valence-electron chi connectivity index (χ0n) is 10.3. The van der Waals surface area contributed by atoms with Crippen molar-refractivity contribution in [3.05, 3.63) is 46.2 Å². The molecule has 0 amide bonds. The number of halogens is 1. The summed E-state index contributed by atoms with van der Waals surface area (Å²) in [6, 6.07) is 5.82. The van der Waals surface area contributed by atoms with E-state index in [4.69, 9.17) is 4.74 Å². The van der Waals surface area contributed by atoms with Gasteiger partial charge in [0.25, 0.3) is 0 Å². The Morgan fingerprint density at radius 3 is 2.89 bits per heavy atom. The quantitative estimate of drug-likeness (QED) is 0.942. The molecule has 0 fully saturated rings. The summed E-state index contributed by atoms with van der Waals surface area (Å²) in [5, 5.41) is 3.27. The average Bonchev–Trinajstić information content (AvgIpc) is 2.41. The van der Waals surface area contributed by atoms with Crippen LogP contribution in [0.15, 0.2) is 35.1 Å². The van der Waals surface area contributed by atoms with Crippen LogP contribution in [0.5, 0.6) is 5.88 Å². The van der Waals surface area contributed by atoms with Gasteiger partial charge in [0.2, 0.25) is 5.88 Å². The topological polar surface area (TPSA) is 47.0 Å². The minimum Gasteiger partial charge on any atom is -0.481 e. The van der Waals surface area contributed by atoms with E-state index < -0.39 is 0 Å². The van der Waals surface area contributed by atoms with Gasteiger partial charge in [-0.1, -0.05) is 6.07 Å². The third kappa shape index (κ3) is 2.79. The zero-order chi connectivity index (χ0) is 13.0. The average molecular weight is 308 g/mol. The summed E-state index contributed by atoms with van der Waals surface area (Å²) < 4.78 is 6.18. The molecule has 0 atom stereocenters. The molecule has 2 rings (SSSR count). The van der Waals surface area contributed by atoms with E-state index in [9.17, 15) is 0 Å². The van der Waals surface area contributed by atoms with Crippen molar-refractivity contribution in [2.75, 3.05) is 12.4 Å². The van der Waals surface area contributed by atoms with Gasteiger partial charge in [-0.25, -0.2) is 9.97 Å². The van der Waals surface area contributed by atoms with Crippen LogP contribution in [0.1, 0.15) is 11.1 Å². The van der Waals surface area contributed by atoms with E-state index in [-0.39, 0.29) is 0 Å². The molecule has 0 saturated carbocycles. The summed E-state index contributed by atoms with van der Waals surface area (Å²) in [6.45, 7) is 2.65. The van der Waals surface area contributed by atoms with Crippen molar-refractivity contribution in [1.29, 1.82) is 0 Å². The molecule has 0 aromatic carbocycles. The second-order valence-corrected chi connectivity index (χ2v) is 4.61. The highest BCUT2D eigenvalue weighted by atomic mass is 79.9. The predicted molar refractivity (Wildman–Crippen MR) is 74.8 cm³/mol. The van der Waals surface area contributed by atoms with Gasteiger partial charge in [0.15, 0.2) is 0 Å². The molecular formula is C13H14BrN3O. The van der Waals surface area contributed by atoms with Crippen molar-refractivity contribution in [3.63, 3.8) is 0 Å². The second-order valence-electron chi connectivity index (χ2n) is 3.82. The van der Waals surface area contributed by atoms with Gasteiger partial charge in [0.05, 0.1) is 11.6 Å². The summed E-state index contributed by atoms with van der Waals surface area (Å²) in [7, 11) is 1.62. The number of aryl methyl sites for hydroxylation is 1. The van der Waals surface area contributed by atoms with Crippen molar-refractivity contribution in [2.24, 2.45) is 0 Å². The number of anilines is 1. The molecule has 5 heteroatoms. The van der Waals surface area contributed by atoms with Crippen LogP contribution < -0.4 is 10.1 Å². The van der Waals surface area contributed by atoms with E-state index in [2.05, 4.69) is 31.2 Å². The molecule has 2 aromatic rings. The van der Waals surface area contributed by atoms with Gasteiger partial charge in [0.1, 0.15) is 5.82 Å². The maximum absolute atomic E-state index is 5.20. The summed E-state index contributed by atoms with van der Waals surface area (Å²) in [5.41, 5.74) is 2.14. The Morgan fingerprint density at radius 1 is 1.28 bits per heavy atom. The van der Waals surface area contributed by atoms with E-state index >= 15 is 0 Å². The number of methoxy groups -OCH3 is 1. The lowest BCUT2D eigenvalue weighted by molar-refractivity contribution is 0.393. The Balaban J connectivity index is 2.14. The van der Waals surface area contributed by atoms with Crippen molar-refractivity contribution in [3.8, 4) is 5.88 Å². The monoisotopic (exact) mass is 307 g/mol. The molecule has 0 saturated heterocycles. The number of nitrogens with zero attached hydrogens (tertiary/aromatic N) is 2. The molecule has 0 bridgehead atoms. The normalized spacial score (nSPS) is 10.2. The lowest BCUT2D eigenvalue weighted by Gasteiger charge is -2.10. The fraction of sp³-hybridized carbons (Fsp3) is 0.231. The molecule has 94 valence electrons. The number of pyridine rings is 2. The lowest BCUT2D eigenvalue weighted by atomic mass is 10.2. The first-order valence-corrected chi connectivity index (χ1v) is 6.34. The zero-order valence-corrected chi connectivity index (χ0v) is 11.9. The Morgan fingerprint density at radius 2 is 2.11 bits per heavy atom. The van der Waals surface area contributed by atoms with Crippen molar-refractivity contribution in [1.82, 2.24) is 9.97 Å². The largest absolute Gasteiger partial charge is 0.481 e. The fourth-order valence-electron chi connectivity index (χ4n) is 1.58. The molecule has 2 aromatic heterocycles. The number of ether oxygens (including phenoxy) is 1. The minimum atomic E-state index is 0.617. The van der Waals surface area contributed by atoms with Gasteiger partial charge in [-0.05, 0) is 40.5 Å². The third-order valence-corrected chi connectivity index (χ3v) is 3.57. The van der Waals surface area contributed by atoms with Crippen molar-refractivity contribution < 1.29 is 4.74 Å². The molecule has 4 nitrogen and oxygen atoms in total. The van der Waals surface area contributed by atoms with Crippen LogP contribution in [-0.4, -0.2) is 17.1 Å². The number of rotatable bonds is 4. The molecule has 0 aliphatic heterocycles. The van der Waals surface area contributed by atoms with Crippen LogP contribution in [0.3, 0.4) is 0 Å². The smallest absolute Gasteiger partial charge is 0.218 e. The Labute approximate surface area is 115 Å². The number of aromatic nitrogens is 2.